The second-order valence-corrected chi connectivity index (χ2v) is 8.90. The molecular weight excluding hydrogens is 540 g/mol. The minimum Gasteiger partial charge on any atom is -0.392 e. The largest absolute Gasteiger partial charge is 0.435 e. The van der Waals surface area contributed by atoms with E-state index in [2.05, 4.69) is 15.4 Å². The van der Waals surface area contributed by atoms with Crippen LogP contribution in [-0.2, 0) is 37.1 Å². The molecule has 0 spiro atoms. The Labute approximate surface area is 224 Å². The molecule has 4 aromatic rings. The highest BCUT2D eigenvalue weighted by Crippen LogP contribution is 2.32. The lowest BCUT2D eigenvalue weighted by Crippen LogP contribution is -2.34. The van der Waals surface area contributed by atoms with Gasteiger partial charge in [-0.3, -0.25) is 14.5 Å². The Bertz CT molecular complexity index is 1500. The van der Waals surface area contributed by atoms with Gasteiger partial charge in [-0.2, -0.15) is 18.3 Å². The van der Waals surface area contributed by atoms with E-state index in [1.54, 1.807) is 12.1 Å². The van der Waals surface area contributed by atoms with E-state index >= 15 is 0 Å². The first-order valence-corrected chi connectivity index (χ1v) is 11.9. The third-order valence-corrected chi connectivity index (χ3v) is 6.02. The summed E-state index contributed by atoms with van der Waals surface area (Å²) in [7, 11) is 0. The number of nitrogens with two attached hydrogens (primary N) is 1. The first-order chi connectivity index (χ1) is 19.0. The monoisotopic (exact) mass is 563 g/mol. The summed E-state index contributed by atoms with van der Waals surface area (Å²) in [4.78, 5) is 17.4. The second-order valence-electron chi connectivity index (χ2n) is 8.90. The molecule has 2 aromatic carbocycles. The first-order valence-electron chi connectivity index (χ1n) is 11.9. The maximum absolute atomic E-state index is 14.1. The molecule has 0 saturated carbocycles. The number of aromatic nitrogens is 3. The van der Waals surface area contributed by atoms with Crippen LogP contribution in [0.25, 0.3) is 11.1 Å². The van der Waals surface area contributed by atoms with E-state index in [4.69, 9.17) is 5.73 Å². The van der Waals surface area contributed by atoms with Crippen LogP contribution in [0.15, 0.2) is 60.9 Å². The molecule has 2 heterocycles. The molecular formula is C27H23F6N5O2. The van der Waals surface area contributed by atoms with Crippen molar-refractivity contribution in [2.24, 2.45) is 5.73 Å². The maximum Gasteiger partial charge on any atom is 0.435 e. The van der Waals surface area contributed by atoms with E-state index in [1.165, 1.54) is 24.4 Å². The zero-order valence-electron chi connectivity index (χ0n) is 20.7. The van der Waals surface area contributed by atoms with Gasteiger partial charge in [-0.15, -0.1) is 0 Å². The molecule has 1 atom stereocenters. The van der Waals surface area contributed by atoms with Crippen LogP contribution < -0.4 is 11.1 Å². The van der Waals surface area contributed by atoms with Crippen LogP contribution in [-0.4, -0.2) is 25.8 Å². The number of hydrogen-bond donors (Lipinski definition) is 3. The van der Waals surface area contributed by atoms with Crippen molar-refractivity contribution in [2.75, 3.05) is 0 Å². The van der Waals surface area contributed by atoms with Crippen LogP contribution in [0.3, 0.4) is 0 Å². The highest BCUT2D eigenvalue weighted by atomic mass is 19.4. The Balaban J connectivity index is 1.71. The molecule has 0 aliphatic heterocycles. The SMILES string of the molecule is NCc1cc(-c2cccnc2C(Cc2cc(F)cc(F)c2)NC(=O)Cn2cc(CO)c(C(F)(F)F)n2)ccc1F. The van der Waals surface area contributed by atoms with Crippen molar-refractivity contribution in [3.05, 3.63) is 106 Å². The van der Waals surface area contributed by atoms with Crippen LogP contribution in [0.2, 0.25) is 0 Å². The average Bonchev–Trinajstić information content (AvgIpc) is 3.31. The van der Waals surface area contributed by atoms with Crippen molar-refractivity contribution in [3.8, 4) is 11.1 Å². The van der Waals surface area contributed by atoms with Gasteiger partial charge in [-0.05, 0) is 47.9 Å². The highest BCUT2D eigenvalue weighted by molar-refractivity contribution is 5.77. The number of pyridine rings is 1. The normalized spacial score (nSPS) is 12.4. The number of carbonyl (C=O) groups excluding carboxylic acids is 1. The van der Waals surface area contributed by atoms with Crippen LogP contribution in [0.5, 0.6) is 0 Å². The van der Waals surface area contributed by atoms with Crippen LogP contribution >= 0.6 is 0 Å². The molecule has 0 saturated heterocycles. The number of alkyl halides is 3. The molecule has 0 fully saturated rings. The Morgan fingerprint density at radius 1 is 1.05 bits per heavy atom. The number of rotatable bonds is 9. The van der Waals surface area contributed by atoms with Gasteiger partial charge in [0.1, 0.15) is 24.0 Å². The predicted octanol–water partition coefficient (Wildman–Crippen LogP) is 4.43. The zero-order chi connectivity index (χ0) is 29.0. The Morgan fingerprint density at radius 3 is 2.40 bits per heavy atom. The maximum atomic E-state index is 14.1. The van der Waals surface area contributed by atoms with Gasteiger partial charge in [0.05, 0.1) is 18.3 Å². The molecule has 0 aliphatic carbocycles. The lowest BCUT2D eigenvalue weighted by Gasteiger charge is -2.22. The fraction of sp³-hybridized carbons (Fsp3) is 0.222. The molecule has 4 N–H and O–H groups in total. The molecule has 13 heteroatoms. The summed E-state index contributed by atoms with van der Waals surface area (Å²) in [5, 5.41) is 15.3. The standard InChI is InChI=1S/C27H23F6N5O2/c28-19-6-15(7-20(29)10-19)8-23(36-24(40)13-38-12-18(14-39)26(37-38)27(31,32)33)25-21(2-1-5-35-25)16-3-4-22(30)17(9-16)11-34/h1-7,9-10,12,23,39H,8,11,13-14,34H2,(H,36,40). The average molecular weight is 564 g/mol. The number of nitrogens with one attached hydrogen (secondary N) is 1. The number of nitrogens with zero attached hydrogens (tertiary/aromatic N) is 3. The Morgan fingerprint density at radius 2 is 1.77 bits per heavy atom. The Hall–Kier alpha value is -4.23. The minimum atomic E-state index is -4.84. The molecule has 4 rings (SSSR count). The van der Waals surface area contributed by atoms with Crippen molar-refractivity contribution in [1.82, 2.24) is 20.1 Å². The zero-order valence-corrected chi connectivity index (χ0v) is 20.7. The summed E-state index contributed by atoms with van der Waals surface area (Å²) in [5.74, 6) is -3.00. The highest BCUT2D eigenvalue weighted by Gasteiger charge is 2.37. The number of hydrogen-bond acceptors (Lipinski definition) is 5. The van der Waals surface area contributed by atoms with Gasteiger partial charge in [0.25, 0.3) is 0 Å². The smallest absolute Gasteiger partial charge is 0.392 e. The van der Waals surface area contributed by atoms with Crippen molar-refractivity contribution >= 4 is 5.91 Å². The van der Waals surface area contributed by atoms with Crippen LogP contribution in [0.4, 0.5) is 26.3 Å². The lowest BCUT2D eigenvalue weighted by atomic mass is 9.94. The number of aliphatic hydroxyl groups is 1. The third kappa shape index (κ3) is 6.66. The van der Waals surface area contributed by atoms with Gasteiger partial charge in [0.2, 0.25) is 5.91 Å². The van der Waals surface area contributed by atoms with Crippen molar-refractivity contribution in [3.63, 3.8) is 0 Å². The van der Waals surface area contributed by atoms with E-state index in [-0.39, 0.29) is 29.8 Å². The quantitative estimate of drug-likeness (QED) is 0.261. The van der Waals surface area contributed by atoms with Gasteiger partial charge in [0, 0.05) is 41.7 Å². The van der Waals surface area contributed by atoms with E-state index in [1.807, 2.05) is 0 Å². The second kappa shape index (κ2) is 11.9. The molecule has 0 radical (unpaired) electrons. The summed E-state index contributed by atoms with van der Waals surface area (Å²) in [6.45, 7) is -1.69. The third-order valence-electron chi connectivity index (χ3n) is 6.02. The molecule has 0 aliphatic rings. The number of aliphatic hydroxyl groups excluding tert-OH is 1. The summed E-state index contributed by atoms with van der Waals surface area (Å²) in [6.07, 6.45) is -2.67. The van der Waals surface area contributed by atoms with Crippen molar-refractivity contribution < 1.29 is 36.2 Å². The van der Waals surface area contributed by atoms with Crippen LogP contribution in [0, 0.1) is 17.5 Å². The van der Waals surface area contributed by atoms with Gasteiger partial charge in [-0.1, -0.05) is 12.1 Å². The fourth-order valence-electron chi connectivity index (χ4n) is 4.30. The topological polar surface area (TPSA) is 106 Å². The predicted molar refractivity (Wildman–Crippen MR) is 132 cm³/mol. The number of benzene rings is 2. The van der Waals surface area contributed by atoms with Gasteiger partial charge in [0.15, 0.2) is 5.69 Å². The molecule has 0 bridgehead atoms. The van der Waals surface area contributed by atoms with Gasteiger partial charge < -0.3 is 16.2 Å². The van der Waals surface area contributed by atoms with Crippen LogP contribution in [0.1, 0.15) is 34.1 Å². The molecule has 40 heavy (non-hydrogen) atoms. The number of halogens is 6. The molecule has 1 unspecified atom stereocenters. The summed E-state index contributed by atoms with van der Waals surface area (Å²) in [5.41, 5.74) is 5.41. The number of amides is 1. The van der Waals surface area contributed by atoms with Gasteiger partial charge in [-0.25, -0.2) is 13.2 Å². The van der Waals surface area contributed by atoms with Crippen molar-refractivity contribution in [1.29, 1.82) is 0 Å². The van der Waals surface area contributed by atoms with E-state index in [0.29, 0.717) is 17.2 Å². The summed E-state index contributed by atoms with van der Waals surface area (Å²) in [6, 6.07) is 9.28. The Kier molecular flexibility index (Phi) is 8.55. The summed E-state index contributed by atoms with van der Waals surface area (Å²) >= 11 is 0. The number of carbonyl (C=O) groups is 1. The molecule has 210 valence electrons. The van der Waals surface area contributed by atoms with Gasteiger partial charge >= 0.3 is 6.18 Å². The van der Waals surface area contributed by atoms with E-state index in [9.17, 15) is 36.2 Å². The summed E-state index contributed by atoms with van der Waals surface area (Å²) < 4.78 is 82.4. The van der Waals surface area contributed by atoms with E-state index in [0.717, 1.165) is 23.0 Å². The van der Waals surface area contributed by atoms with E-state index < -0.39 is 60.0 Å². The lowest BCUT2D eigenvalue weighted by molar-refractivity contribution is -0.142. The molecule has 7 nitrogen and oxygen atoms in total. The molecule has 1 amide bonds. The van der Waals surface area contributed by atoms with Crippen molar-refractivity contribution in [2.45, 2.75) is 38.3 Å². The fourth-order valence-corrected chi connectivity index (χ4v) is 4.30. The minimum absolute atomic E-state index is 0.0857. The molecule has 2 aromatic heterocycles. The first kappa shape index (κ1) is 28.8.